The van der Waals surface area contributed by atoms with Gasteiger partial charge in [-0.25, -0.2) is 4.98 Å². The molecule has 1 aromatic carbocycles. The van der Waals surface area contributed by atoms with Crippen LogP contribution in [0, 0.1) is 20.8 Å². The number of aryl methyl sites for hydroxylation is 3. The molecule has 7 heteroatoms. The summed E-state index contributed by atoms with van der Waals surface area (Å²) in [7, 11) is 1.61. The SMILES string of the molecule is COCCc1nc2sc(C)c(-c3ccc(C)c(C)c3)c2c(=O)n1CCC(N)=O. The lowest BCUT2D eigenvalue weighted by Crippen LogP contribution is -2.28. The highest BCUT2D eigenvalue weighted by Crippen LogP contribution is 2.36. The number of thiophene rings is 1. The first-order valence-corrected chi connectivity index (χ1v) is 10.0. The van der Waals surface area contributed by atoms with Crippen molar-refractivity contribution in [2.24, 2.45) is 5.73 Å². The van der Waals surface area contributed by atoms with Crippen LogP contribution in [0.25, 0.3) is 21.3 Å². The number of rotatable bonds is 7. The summed E-state index contributed by atoms with van der Waals surface area (Å²) in [6.45, 7) is 6.81. The summed E-state index contributed by atoms with van der Waals surface area (Å²) in [6, 6.07) is 6.22. The Kier molecular flexibility index (Phi) is 5.96. The molecule has 0 spiro atoms. The number of aromatic nitrogens is 2. The number of amides is 1. The van der Waals surface area contributed by atoms with Gasteiger partial charge in [-0.3, -0.25) is 14.2 Å². The van der Waals surface area contributed by atoms with Gasteiger partial charge in [0.25, 0.3) is 5.56 Å². The largest absolute Gasteiger partial charge is 0.384 e. The van der Waals surface area contributed by atoms with Crippen molar-refractivity contribution in [3.05, 3.63) is 50.4 Å². The molecular formula is C21H25N3O3S. The van der Waals surface area contributed by atoms with Crippen molar-refractivity contribution >= 4 is 27.5 Å². The second kappa shape index (κ2) is 8.24. The van der Waals surface area contributed by atoms with Crippen molar-refractivity contribution in [2.45, 2.75) is 40.2 Å². The molecule has 2 aromatic heterocycles. The number of methoxy groups -OCH3 is 1. The molecule has 0 bridgehead atoms. The van der Waals surface area contributed by atoms with E-state index in [1.165, 1.54) is 22.5 Å². The molecule has 0 aliphatic heterocycles. The lowest BCUT2D eigenvalue weighted by Gasteiger charge is -2.12. The van der Waals surface area contributed by atoms with Gasteiger partial charge >= 0.3 is 0 Å². The van der Waals surface area contributed by atoms with Crippen LogP contribution in [-0.4, -0.2) is 29.2 Å². The number of fused-ring (bicyclic) bond motifs is 1. The monoisotopic (exact) mass is 399 g/mol. The van der Waals surface area contributed by atoms with E-state index in [-0.39, 0.29) is 18.5 Å². The Morgan fingerprint density at radius 1 is 1.25 bits per heavy atom. The Labute approximate surface area is 168 Å². The van der Waals surface area contributed by atoms with Crippen LogP contribution in [-0.2, 0) is 22.5 Å². The maximum Gasteiger partial charge on any atom is 0.262 e. The molecule has 2 heterocycles. The number of nitrogens with two attached hydrogens (primary N) is 1. The highest BCUT2D eigenvalue weighted by molar-refractivity contribution is 7.19. The van der Waals surface area contributed by atoms with Crippen LogP contribution in [0.2, 0.25) is 0 Å². The smallest absolute Gasteiger partial charge is 0.262 e. The predicted molar refractivity (Wildman–Crippen MR) is 113 cm³/mol. The van der Waals surface area contributed by atoms with Gasteiger partial charge in [0.15, 0.2) is 0 Å². The minimum atomic E-state index is -0.444. The number of nitrogens with zero attached hydrogens (tertiary/aromatic N) is 2. The van der Waals surface area contributed by atoms with Gasteiger partial charge in [0, 0.05) is 36.9 Å². The number of ether oxygens (including phenoxy) is 1. The highest BCUT2D eigenvalue weighted by atomic mass is 32.1. The standard InChI is InChI=1S/C21H25N3O3S/c1-12-5-6-15(11-13(12)2)18-14(3)28-20-19(18)21(26)24(9-7-16(22)25)17(23-20)8-10-27-4/h5-6,11H,7-10H2,1-4H3,(H2,22,25). The van der Waals surface area contributed by atoms with E-state index in [1.54, 1.807) is 11.7 Å². The number of benzene rings is 1. The summed E-state index contributed by atoms with van der Waals surface area (Å²) < 4.78 is 6.73. The van der Waals surface area contributed by atoms with E-state index in [9.17, 15) is 9.59 Å². The van der Waals surface area contributed by atoms with E-state index in [1.807, 2.05) is 13.0 Å². The normalized spacial score (nSPS) is 11.3. The summed E-state index contributed by atoms with van der Waals surface area (Å²) >= 11 is 1.52. The number of carbonyl (C=O) groups is 1. The van der Waals surface area contributed by atoms with Gasteiger partial charge < -0.3 is 10.5 Å². The predicted octanol–water partition coefficient (Wildman–Crippen LogP) is 3.11. The quantitative estimate of drug-likeness (QED) is 0.661. The molecule has 2 N–H and O–H groups in total. The van der Waals surface area contributed by atoms with E-state index in [0.717, 1.165) is 20.8 Å². The maximum atomic E-state index is 13.4. The Balaban J connectivity index is 2.25. The number of hydrogen-bond donors (Lipinski definition) is 1. The third-order valence-corrected chi connectivity index (χ3v) is 5.97. The van der Waals surface area contributed by atoms with Crippen LogP contribution in [0.15, 0.2) is 23.0 Å². The molecular weight excluding hydrogens is 374 g/mol. The topological polar surface area (TPSA) is 87.2 Å². The lowest BCUT2D eigenvalue weighted by atomic mass is 9.99. The fourth-order valence-corrected chi connectivity index (χ4v) is 4.37. The van der Waals surface area contributed by atoms with Crippen molar-refractivity contribution in [2.75, 3.05) is 13.7 Å². The molecule has 28 heavy (non-hydrogen) atoms. The van der Waals surface area contributed by atoms with Gasteiger partial charge in [-0.15, -0.1) is 11.3 Å². The van der Waals surface area contributed by atoms with Crippen LogP contribution in [0.4, 0.5) is 0 Å². The molecule has 3 aromatic rings. The Morgan fingerprint density at radius 2 is 2.00 bits per heavy atom. The first-order chi connectivity index (χ1) is 13.3. The molecule has 0 unspecified atom stereocenters. The Bertz CT molecular complexity index is 1100. The molecule has 0 saturated heterocycles. The molecule has 0 radical (unpaired) electrons. The first kappa shape index (κ1) is 20.2. The molecule has 1 amide bonds. The second-order valence-electron chi connectivity index (χ2n) is 6.96. The molecule has 0 fully saturated rings. The number of hydrogen-bond acceptors (Lipinski definition) is 5. The summed E-state index contributed by atoms with van der Waals surface area (Å²) in [5, 5.41) is 0.608. The zero-order valence-electron chi connectivity index (χ0n) is 16.7. The third kappa shape index (κ3) is 3.86. The average Bonchev–Trinajstić information content (AvgIpc) is 2.97. The average molecular weight is 400 g/mol. The molecule has 6 nitrogen and oxygen atoms in total. The molecule has 0 aliphatic rings. The van der Waals surface area contributed by atoms with Gasteiger partial charge in [-0.1, -0.05) is 18.2 Å². The van der Waals surface area contributed by atoms with Crippen LogP contribution < -0.4 is 11.3 Å². The molecule has 0 aliphatic carbocycles. The minimum absolute atomic E-state index is 0.0924. The number of primary amides is 1. The van der Waals surface area contributed by atoms with Crippen molar-refractivity contribution in [3.8, 4) is 11.1 Å². The fourth-order valence-electron chi connectivity index (χ4n) is 3.32. The van der Waals surface area contributed by atoms with E-state index in [2.05, 4.69) is 26.0 Å². The van der Waals surface area contributed by atoms with Crippen molar-refractivity contribution in [3.63, 3.8) is 0 Å². The Morgan fingerprint density at radius 3 is 2.64 bits per heavy atom. The minimum Gasteiger partial charge on any atom is -0.384 e. The van der Waals surface area contributed by atoms with Gasteiger partial charge in [0.1, 0.15) is 10.7 Å². The van der Waals surface area contributed by atoms with E-state index >= 15 is 0 Å². The molecule has 0 atom stereocenters. The first-order valence-electron chi connectivity index (χ1n) is 9.21. The van der Waals surface area contributed by atoms with Crippen molar-refractivity contribution in [1.29, 1.82) is 0 Å². The van der Waals surface area contributed by atoms with Crippen LogP contribution in [0.3, 0.4) is 0 Å². The zero-order valence-corrected chi connectivity index (χ0v) is 17.5. The van der Waals surface area contributed by atoms with Gasteiger partial charge in [-0.2, -0.15) is 0 Å². The lowest BCUT2D eigenvalue weighted by molar-refractivity contribution is -0.118. The number of carbonyl (C=O) groups excluding carboxylic acids is 1. The highest BCUT2D eigenvalue weighted by Gasteiger charge is 2.20. The summed E-state index contributed by atoms with van der Waals surface area (Å²) in [4.78, 5) is 31.2. The Hall–Kier alpha value is -2.51. The van der Waals surface area contributed by atoms with Crippen LogP contribution in [0.5, 0.6) is 0 Å². The summed E-state index contributed by atoms with van der Waals surface area (Å²) in [5.41, 5.74) is 9.50. The van der Waals surface area contributed by atoms with E-state index in [4.69, 9.17) is 15.5 Å². The molecule has 0 saturated carbocycles. The van der Waals surface area contributed by atoms with Crippen LogP contribution in [0.1, 0.15) is 28.2 Å². The second-order valence-corrected chi connectivity index (χ2v) is 8.16. The zero-order chi connectivity index (χ0) is 20.4. The molecule has 3 rings (SSSR count). The fraction of sp³-hybridized carbons (Fsp3) is 0.381. The van der Waals surface area contributed by atoms with E-state index < -0.39 is 5.91 Å². The maximum absolute atomic E-state index is 13.4. The van der Waals surface area contributed by atoms with Gasteiger partial charge in [0.05, 0.1) is 12.0 Å². The molecule has 148 valence electrons. The van der Waals surface area contributed by atoms with Crippen molar-refractivity contribution in [1.82, 2.24) is 9.55 Å². The van der Waals surface area contributed by atoms with E-state index in [0.29, 0.717) is 24.2 Å². The van der Waals surface area contributed by atoms with Crippen LogP contribution >= 0.6 is 11.3 Å². The summed E-state index contributed by atoms with van der Waals surface area (Å²) in [5.74, 6) is 0.175. The van der Waals surface area contributed by atoms with Gasteiger partial charge in [0.2, 0.25) is 5.91 Å². The van der Waals surface area contributed by atoms with Crippen molar-refractivity contribution < 1.29 is 9.53 Å². The summed E-state index contributed by atoms with van der Waals surface area (Å²) in [6.07, 6.45) is 0.589. The third-order valence-electron chi connectivity index (χ3n) is 4.97. The van der Waals surface area contributed by atoms with Gasteiger partial charge in [-0.05, 0) is 37.5 Å².